The summed E-state index contributed by atoms with van der Waals surface area (Å²) in [6, 6.07) is -0.467. The second-order valence-electron chi connectivity index (χ2n) is 5.17. The van der Waals surface area contributed by atoms with Crippen molar-refractivity contribution in [2.45, 2.75) is 38.6 Å². The average Bonchev–Trinajstić information content (AvgIpc) is 2.67. The number of carboxylic acid groups (broad SMARTS) is 1. The zero-order valence-electron chi connectivity index (χ0n) is 11.8. The summed E-state index contributed by atoms with van der Waals surface area (Å²) in [5.41, 5.74) is 1.41. The molecule has 1 atom stereocenters. The van der Waals surface area contributed by atoms with E-state index in [1.807, 2.05) is 6.92 Å². The molecule has 1 aromatic rings. The third kappa shape index (κ3) is 3.28. The molecule has 2 heterocycles. The molecular formula is C13H20N4O3. The first kappa shape index (κ1) is 14.4. The summed E-state index contributed by atoms with van der Waals surface area (Å²) in [7, 11) is 1.79. The Morgan fingerprint density at radius 1 is 1.50 bits per heavy atom. The van der Waals surface area contributed by atoms with Crippen molar-refractivity contribution in [2.75, 3.05) is 11.9 Å². The summed E-state index contributed by atoms with van der Waals surface area (Å²) in [6.45, 7) is 2.42. The van der Waals surface area contributed by atoms with Gasteiger partial charge in [-0.25, -0.2) is 4.79 Å². The van der Waals surface area contributed by atoms with Gasteiger partial charge >= 0.3 is 12.0 Å². The van der Waals surface area contributed by atoms with Gasteiger partial charge in [-0.15, -0.1) is 0 Å². The van der Waals surface area contributed by atoms with Gasteiger partial charge in [0.05, 0.1) is 17.8 Å². The van der Waals surface area contributed by atoms with E-state index in [0.29, 0.717) is 12.2 Å². The number of urea groups is 1. The molecule has 1 fully saturated rings. The maximum atomic E-state index is 12.3. The maximum absolute atomic E-state index is 12.3. The van der Waals surface area contributed by atoms with E-state index in [1.54, 1.807) is 22.8 Å². The number of carbonyl (C=O) groups excluding carboxylic acids is 1. The van der Waals surface area contributed by atoms with Crippen LogP contribution in [0.3, 0.4) is 0 Å². The summed E-state index contributed by atoms with van der Waals surface area (Å²) in [6.07, 6.45) is 4.36. The van der Waals surface area contributed by atoms with Crippen molar-refractivity contribution >= 4 is 17.7 Å². The molecular weight excluding hydrogens is 260 g/mol. The average molecular weight is 280 g/mol. The number of piperidine rings is 1. The topological polar surface area (TPSA) is 87.5 Å². The molecule has 110 valence electrons. The molecule has 1 saturated heterocycles. The molecule has 2 amide bonds. The minimum absolute atomic E-state index is 0.000554. The van der Waals surface area contributed by atoms with Gasteiger partial charge in [0.15, 0.2) is 0 Å². The number of aliphatic carboxylic acids is 1. The summed E-state index contributed by atoms with van der Waals surface area (Å²) in [4.78, 5) is 24.8. The van der Waals surface area contributed by atoms with Gasteiger partial charge in [0, 0.05) is 25.8 Å². The quantitative estimate of drug-likeness (QED) is 0.880. The molecule has 2 N–H and O–H groups in total. The van der Waals surface area contributed by atoms with Gasteiger partial charge in [-0.3, -0.25) is 9.48 Å². The van der Waals surface area contributed by atoms with Crippen molar-refractivity contribution in [3.8, 4) is 0 Å². The first-order valence-electron chi connectivity index (χ1n) is 6.77. The van der Waals surface area contributed by atoms with E-state index in [2.05, 4.69) is 10.4 Å². The molecule has 0 spiro atoms. The van der Waals surface area contributed by atoms with Crippen molar-refractivity contribution in [1.29, 1.82) is 0 Å². The Hall–Kier alpha value is -2.05. The number of anilines is 1. The Balaban J connectivity index is 2.05. The van der Waals surface area contributed by atoms with E-state index in [0.717, 1.165) is 25.0 Å². The van der Waals surface area contributed by atoms with Crippen LogP contribution in [0.25, 0.3) is 0 Å². The van der Waals surface area contributed by atoms with Crippen LogP contribution in [-0.4, -0.2) is 44.4 Å². The second-order valence-corrected chi connectivity index (χ2v) is 5.17. The monoisotopic (exact) mass is 280 g/mol. The lowest BCUT2D eigenvalue weighted by atomic mass is 10.00. The van der Waals surface area contributed by atoms with Gasteiger partial charge < -0.3 is 15.3 Å². The van der Waals surface area contributed by atoms with E-state index in [4.69, 9.17) is 5.11 Å². The lowest BCUT2D eigenvalue weighted by molar-refractivity contribution is -0.138. The van der Waals surface area contributed by atoms with Crippen molar-refractivity contribution in [2.24, 2.45) is 7.05 Å². The molecule has 20 heavy (non-hydrogen) atoms. The van der Waals surface area contributed by atoms with Crippen LogP contribution in [0.15, 0.2) is 6.20 Å². The number of aryl methyl sites for hydroxylation is 2. The third-order valence-corrected chi connectivity index (χ3v) is 3.55. The molecule has 7 nitrogen and oxygen atoms in total. The number of rotatable bonds is 3. The highest BCUT2D eigenvalue weighted by atomic mass is 16.4. The predicted molar refractivity (Wildman–Crippen MR) is 73.6 cm³/mol. The lowest BCUT2D eigenvalue weighted by Crippen LogP contribution is -2.46. The number of hydrogen-bond acceptors (Lipinski definition) is 3. The molecule has 1 aliphatic heterocycles. The fraction of sp³-hybridized carbons (Fsp3) is 0.615. The first-order valence-corrected chi connectivity index (χ1v) is 6.77. The minimum Gasteiger partial charge on any atom is -0.481 e. The molecule has 0 bridgehead atoms. The number of aromatic nitrogens is 2. The number of amides is 2. The Bertz CT molecular complexity index is 512. The molecule has 2 rings (SSSR count). The molecule has 0 aromatic carbocycles. The van der Waals surface area contributed by atoms with Crippen LogP contribution in [-0.2, 0) is 11.8 Å². The van der Waals surface area contributed by atoms with E-state index >= 15 is 0 Å². The molecule has 0 radical (unpaired) electrons. The normalized spacial score (nSPS) is 18.9. The third-order valence-electron chi connectivity index (χ3n) is 3.55. The smallest absolute Gasteiger partial charge is 0.322 e. The van der Waals surface area contributed by atoms with Crippen molar-refractivity contribution in [3.63, 3.8) is 0 Å². The van der Waals surface area contributed by atoms with Crippen molar-refractivity contribution in [3.05, 3.63) is 11.9 Å². The summed E-state index contributed by atoms with van der Waals surface area (Å²) < 4.78 is 1.63. The van der Waals surface area contributed by atoms with Crippen LogP contribution in [0.4, 0.5) is 10.5 Å². The first-order chi connectivity index (χ1) is 9.47. The molecule has 7 heteroatoms. The van der Waals surface area contributed by atoms with Crippen LogP contribution in [0, 0.1) is 6.92 Å². The standard InChI is InChI=1S/C13H20N4O3/c1-9-11(8-16(2)15-9)14-13(20)17-6-4-3-5-10(17)7-12(18)19/h8,10H,3-7H2,1-2H3,(H,14,20)(H,18,19). The Morgan fingerprint density at radius 3 is 2.85 bits per heavy atom. The molecule has 1 unspecified atom stereocenters. The zero-order chi connectivity index (χ0) is 14.7. The number of hydrogen-bond donors (Lipinski definition) is 2. The molecule has 0 saturated carbocycles. The van der Waals surface area contributed by atoms with Crippen LogP contribution in [0.5, 0.6) is 0 Å². The lowest BCUT2D eigenvalue weighted by Gasteiger charge is -2.34. The second kappa shape index (κ2) is 5.94. The van der Waals surface area contributed by atoms with Crippen molar-refractivity contribution < 1.29 is 14.7 Å². The Kier molecular flexibility index (Phi) is 4.26. The molecule has 1 aromatic heterocycles. The summed E-state index contributed by atoms with van der Waals surface area (Å²) in [5, 5.41) is 15.9. The van der Waals surface area contributed by atoms with Crippen LogP contribution in [0.2, 0.25) is 0 Å². The van der Waals surface area contributed by atoms with Crippen molar-refractivity contribution in [1.82, 2.24) is 14.7 Å². The highest BCUT2D eigenvalue weighted by Crippen LogP contribution is 2.21. The van der Waals surface area contributed by atoms with E-state index < -0.39 is 5.97 Å². The van der Waals surface area contributed by atoms with E-state index in [9.17, 15) is 9.59 Å². The van der Waals surface area contributed by atoms with Gasteiger partial charge in [-0.2, -0.15) is 5.10 Å². The predicted octanol–water partition coefficient (Wildman–Crippen LogP) is 1.59. The van der Waals surface area contributed by atoms with Gasteiger partial charge in [0.25, 0.3) is 0 Å². The Morgan fingerprint density at radius 2 is 2.25 bits per heavy atom. The number of nitrogens with one attached hydrogen (secondary N) is 1. The summed E-state index contributed by atoms with van der Waals surface area (Å²) in [5.74, 6) is -0.868. The SMILES string of the molecule is Cc1nn(C)cc1NC(=O)N1CCCCC1CC(=O)O. The number of carbonyl (C=O) groups is 2. The minimum atomic E-state index is -0.868. The number of nitrogens with zero attached hydrogens (tertiary/aromatic N) is 3. The van der Waals surface area contributed by atoms with Crippen LogP contribution in [0.1, 0.15) is 31.4 Å². The fourth-order valence-corrected chi connectivity index (χ4v) is 2.59. The molecule has 0 aliphatic carbocycles. The van der Waals surface area contributed by atoms with Crippen LogP contribution < -0.4 is 5.32 Å². The van der Waals surface area contributed by atoms with Gasteiger partial charge in [0.2, 0.25) is 0 Å². The fourth-order valence-electron chi connectivity index (χ4n) is 2.59. The molecule has 1 aliphatic rings. The largest absolute Gasteiger partial charge is 0.481 e. The number of carboxylic acids is 1. The van der Waals surface area contributed by atoms with Gasteiger partial charge in [-0.05, 0) is 26.2 Å². The number of likely N-dealkylation sites (tertiary alicyclic amines) is 1. The highest BCUT2D eigenvalue weighted by Gasteiger charge is 2.28. The van der Waals surface area contributed by atoms with E-state index in [-0.39, 0.29) is 18.5 Å². The van der Waals surface area contributed by atoms with E-state index in [1.165, 1.54) is 0 Å². The maximum Gasteiger partial charge on any atom is 0.322 e. The summed E-state index contributed by atoms with van der Waals surface area (Å²) >= 11 is 0. The zero-order valence-corrected chi connectivity index (χ0v) is 11.8. The van der Waals surface area contributed by atoms with Gasteiger partial charge in [0.1, 0.15) is 0 Å². The van der Waals surface area contributed by atoms with Gasteiger partial charge in [-0.1, -0.05) is 0 Å². The van der Waals surface area contributed by atoms with Crippen LogP contribution >= 0.6 is 0 Å². The Labute approximate surface area is 117 Å². The highest BCUT2D eigenvalue weighted by molar-refractivity contribution is 5.90.